The fraction of sp³-hybridized carbons (Fsp3) is 0. The van der Waals surface area contributed by atoms with Crippen molar-refractivity contribution in [3.63, 3.8) is 0 Å². The van der Waals surface area contributed by atoms with Gasteiger partial charge in [0.15, 0.2) is 0 Å². The highest BCUT2D eigenvalue weighted by molar-refractivity contribution is 8.68. The molecule has 0 saturated carbocycles. The monoisotopic (exact) mass is 207 g/mol. The molecule has 0 aliphatic rings. The van der Waals surface area contributed by atoms with Crippen LogP contribution in [0, 0.1) is 0 Å². The zero-order valence-corrected chi connectivity index (χ0v) is 8.61. The number of rotatable bonds is 1. The minimum Gasteiger partial charge on any atom is -0.398 e. The van der Waals surface area contributed by atoms with Crippen LogP contribution >= 0.6 is 22.5 Å². The topological polar surface area (TPSA) is 26.0 Å². The zero-order valence-electron chi connectivity index (χ0n) is 6.90. The van der Waals surface area contributed by atoms with Crippen LogP contribution in [0.4, 0.5) is 5.69 Å². The van der Waals surface area contributed by atoms with Crippen molar-refractivity contribution in [2.45, 2.75) is 4.90 Å². The summed E-state index contributed by atoms with van der Waals surface area (Å²) < 4.78 is 0. The van der Waals surface area contributed by atoms with E-state index in [1.165, 1.54) is 16.2 Å². The van der Waals surface area contributed by atoms with Crippen LogP contribution in [-0.2, 0) is 0 Å². The van der Waals surface area contributed by atoms with Gasteiger partial charge in [-0.25, -0.2) is 0 Å². The maximum atomic E-state index is 5.89. The summed E-state index contributed by atoms with van der Waals surface area (Å²) in [6.45, 7) is 0. The largest absolute Gasteiger partial charge is 0.398 e. The predicted octanol–water partition coefficient (Wildman–Crippen LogP) is 3.36. The van der Waals surface area contributed by atoms with Gasteiger partial charge in [-0.05, 0) is 17.5 Å². The number of fused-ring (bicyclic) bond motifs is 1. The summed E-state index contributed by atoms with van der Waals surface area (Å²) in [5, 5.41) is 2.27. The highest BCUT2D eigenvalue weighted by Crippen LogP contribution is 2.33. The number of nitrogen functional groups attached to an aromatic ring is 1. The smallest absolute Gasteiger partial charge is 0.0405 e. The lowest BCUT2D eigenvalue weighted by atomic mass is 10.1. The van der Waals surface area contributed by atoms with Gasteiger partial charge in [0, 0.05) is 16.0 Å². The van der Waals surface area contributed by atoms with Gasteiger partial charge in [0.2, 0.25) is 0 Å². The molecule has 0 atom stereocenters. The van der Waals surface area contributed by atoms with Crippen LogP contribution in [0.15, 0.2) is 41.3 Å². The predicted molar refractivity (Wildman–Crippen MR) is 63.2 cm³/mol. The summed E-state index contributed by atoms with van der Waals surface area (Å²) in [5.41, 5.74) is 6.70. The fourth-order valence-electron chi connectivity index (χ4n) is 1.41. The Morgan fingerprint density at radius 3 is 2.46 bits per heavy atom. The van der Waals surface area contributed by atoms with Gasteiger partial charge >= 0.3 is 0 Å². The summed E-state index contributed by atoms with van der Waals surface area (Å²) in [7, 11) is 1.43. The Labute approximate surface area is 86.1 Å². The van der Waals surface area contributed by atoms with E-state index in [2.05, 4.69) is 23.8 Å². The second kappa shape index (κ2) is 3.52. The average Bonchev–Trinajstić information content (AvgIpc) is 2.17. The number of nitrogens with two attached hydrogens (primary N) is 1. The molecular weight excluding hydrogens is 198 g/mol. The van der Waals surface area contributed by atoms with Crippen molar-refractivity contribution >= 4 is 38.9 Å². The van der Waals surface area contributed by atoms with Gasteiger partial charge in [-0.3, -0.25) is 0 Å². The van der Waals surface area contributed by atoms with Crippen LogP contribution in [0.2, 0.25) is 0 Å². The summed E-state index contributed by atoms with van der Waals surface area (Å²) in [6, 6.07) is 12.0. The fourth-order valence-corrected chi connectivity index (χ4v) is 2.33. The standard InChI is InChI=1S/C10H9NS2/c11-8-5-1-3-7-4-2-6-9(13-12)10(7)8/h1-6,12H,11H2. The third kappa shape index (κ3) is 1.49. The average molecular weight is 207 g/mol. The van der Waals surface area contributed by atoms with Gasteiger partial charge in [-0.15, -0.1) is 11.7 Å². The molecule has 0 heterocycles. The van der Waals surface area contributed by atoms with Gasteiger partial charge in [-0.2, -0.15) is 0 Å². The number of hydrogen-bond donors (Lipinski definition) is 2. The van der Waals surface area contributed by atoms with Crippen molar-refractivity contribution in [2.24, 2.45) is 0 Å². The molecule has 0 saturated heterocycles. The van der Waals surface area contributed by atoms with Crippen molar-refractivity contribution in [3.05, 3.63) is 36.4 Å². The Hall–Kier alpha value is -0.800. The molecule has 2 rings (SSSR count). The first-order chi connectivity index (χ1) is 6.33. The number of hydrogen-bond acceptors (Lipinski definition) is 3. The number of thiol groups is 1. The van der Waals surface area contributed by atoms with E-state index in [1.807, 2.05) is 24.3 Å². The highest BCUT2D eigenvalue weighted by atomic mass is 33.1. The second-order valence-corrected chi connectivity index (χ2v) is 3.96. The van der Waals surface area contributed by atoms with E-state index in [9.17, 15) is 0 Å². The van der Waals surface area contributed by atoms with Crippen molar-refractivity contribution < 1.29 is 0 Å². The molecule has 13 heavy (non-hydrogen) atoms. The van der Waals surface area contributed by atoms with E-state index in [0.717, 1.165) is 16.0 Å². The molecular formula is C10H9NS2. The van der Waals surface area contributed by atoms with Crippen LogP contribution in [0.5, 0.6) is 0 Å². The van der Waals surface area contributed by atoms with Crippen LogP contribution in [0.3, 0.4) is 0 Å². The van der Waals surface area contributed by atoms with E-state index in [0.29, 0.717) is 0 Å². The van der Waals surface area contributed by atoms with Crippen molar-refractivity contribution in [2.75, 3.05) is 5.73 Å². The molecule has 0 amide bonds. The Balaban J connectivity index is 2.87. The van der Waals surface area contributed by atoms with E-state index in [-0.39, 0.29) is 0 Å². The van der Waals surface area contributed by atoms with Crippen LogP contribution < -0.4 is 5.73 Å². The SMILES string of the molecule is Nc1cccc2cccc(SS)c12. The van der Waals surface area contributed by atoms with Crippen LogP contribution in [-0.4, -0.2) is 0 Å². The summed E-state index contributed by atoms with van der Waals surface area (Å²) in [5.74, 6) is 0. The van der Waals surface area contributed by atoms with Gasteiger partial charge < -0.3 is 5.73 Å². The lowest BCUT2D eigenvalue weighted by molar-refractivity contribution is 1.56. The third-order valence-corrected chi connectivity index (χ3v) is 3.12. The molecule has 3 heteroatoms. The Morgan fingerprint density at radius 1 is 1.08 bits per heavy atom. The van der Waals surface area contributed by atoms with Crippen molar-refractivity contribution in [1.29, 1.82) is 0 Å². The molecule has 0 aromatic heterocycles. The van der Waals surface area contributed by atoms with E-state index in [4.69, 9.17) is 5.73 Å². The normalized spacial score (nSPS) is 10.5. The molecule has 0 spiro atoms. The quantitative estimate of drug-likeness (QED) is 0.426. The first-order valence-corrected chi connectivity index (χ1v) is 5.78. The van der Waals surface area contributed by atoms with Crippen LogP contribution in [0.25, 0.3) is 10.8 Å². The molecule has 0 fully saturated rings. The third-order valence-electron chi connectivity index (χ3n) is 2.00. The molecule has 2 N–H and O–H groups in total. The maximum Gasteiger partial charge on any atom is 0.0405 e. The zero-order chi connectivity index (χ0) is 9.26. The van der Waals surface area contributed by atoms with Gasteiger partial charge in [-0.1, -0.05) is 35.1 Å². The van der Waals surface area contributed by atoms with E-state index < -0.39 is 0 Å². The summed E-state index contributed by atoms with van der Waals surface area (Å²) >= 11 is 4.19. The minimum atomic E-state index is 0.814. The van der Waals surface area contributed by atoms with Gasteiger partial charge in [0.25, 0.3) is 0 Å². The van der Waals surface area contributed by atoms with E-state index in [1.54, 1.807) is 0 Å². The number of benzene rings is 2. The molecule has 0 unspecified atom stereocenters. The minimum absolute atomic E-state index is 0.814. The molecule has 0 bridgehead atoms. The first-order valence-electron chi connectivity index (χ1n) is 3.91. The molecule has 66 valence electrons. The molecule has 0 aliphatic heterocycles. The van der Waals surface area contributed by atoms with Crippen molar-refractivity contribution in [1.82, 2.24) is 0 Å². The first kappa shape index (κ1) is 8.78. The van der Waals surface area contributed by atoms with E-state index >= 15 is 0 Å². The van der Waals surface area contributed by atoms with Gasteiger partial charge in [0.05, 0.1) is 0 Å². The van der Waals surface area contributed by atoms with Crippen LogP contribution in [0.1, 0.15) is 0 Å². The lowest BCUT2D eigenvalue weighted by Gasteiger charge is -2.05. The lowest BCUT2D eigenvalue weighted by Crippen LogP contribution is -1.87. The Bertz CT molecular complexity index is 435. The Morgan fingerprint density at radius 2 is 1.77 bits per heavy atom. The molecule has 2 aromatic carbocycles. The van der Waals surface area contributed by atoms with Crippen molar-refractivity contribution in [3.8, 4) is 0 Å². The number of anilines is 1. The summed E-state index contributed by atoms with van der Waals surface area (Å²) in [6.07, 6.45) is 0. The second-order valence-electron chi connectivity index (χ2n) is 2.79. The Kier molecular flexibility index (Phi) is 2.38. The molecule has 1 nitrogen and oxygen atoms in total. The molecule has 2 aromatic rings. The molecule has 0 radical (unpaired) electrons. The highest BCUT2D eigenvalue weighted by Gasteiger charge is 2.02. The maximum absolute atomic E-state index is 5.89. The summed E-state index contributed by atoms with van der Waals surface area (Å²) in [4.78, 5) is 1.11. The molecule has 0 aliphatic carbocycles. The van der Waals surface area contributed by atoms with Gasteiger partial charge in [0.1, 0.15) is 0 Å².